The van der Waals surface area contributed by atoms with Crippen LogP contribution in [0.3, 0.4) is 0 Å². The first-order valence-corrected chi connectivity index (χ1v) is 6.40. The molecular weight excluding hydrogens is 246 g/mol. The summed E-state index contributed by atoms with van der Waals surface area (Å²) in [5, 5.41) is 19.3. The van der Waals surface area contributed by atoms with E-state index in [4.69, 9.17) is 5.26 Å². The Kier molecular flexibility index (Phi) is 3.58. The van der Waals surface area contributed by atoms with E-state index < -0.39 is 16.9 Å². The number of nitrogens with zero attached hydrogens (tertiary/aromatic N) is 2. The molecule has 0 radical (unpaired) electrons. The molecule has 1 saturated carbocycles. The van der Waals surface area contributed by atoms with Gasteiger partial charge in [0.15, 0.2) is 0 Å². The van der Waals surface area contributed by atoms with Crippen LogP contribution in [0.1, 0.15) is 38.2 Å². The van der Waals surface area contributed by atoms with Crippen LogP contribution < -0.4 is 11.2 Å². The average molecular weight is 263 g/mol. The second-order valence-electron chi connectivity index (χ2n) is 5.47. The summed E-state index contributed by atoms with van der Waals surface area (Å²) in [7, 11) is 0. The van der Waals surface area contributed by atoms with Crippen LogP contribution in [0.25, 0.3) is 0 Å². The van der Waals surface area contributed by atoms with E-state index in [1.165, 1.54) is 10.8 Å². The van der Waals surface area contributed by atoms with Crippen molar-refractivity contribution in [3.05, 3.63) is 32.6 Å². The first-order chi connectivity index (χ1) is 8.93. The lowest BCUT2D eigenvalue weighted by Gasteiger charge is -2.35. The molecule has 19 heavy (non-hydrogen) atoms. The lowest BCUT2D eigenvalue weighted by Crippen LogP contribution is -2.43. The molecule has 6 nitrogen and oxygen atoms in total. The van der Waals surface area contributed by atoms with Gasteiger partial charge in [-0.25, -0.2) is 4.79 Å². The Hall–Kier alpha value is -1.87. The third kappa shape index (κ3) is 2.93. The van der Waals surface area contributed by atoms with Crippen molar-refractivity contribution in [1.29, 1.82) is 5.26 Å². The molecule has 6 heteroatoms. The first-order valence-electron chi connectivity index (χ1n) is 6.40. The van der Waals surface area contributed by atoms with Crippen molar-refractivity contribution >= 4 is 0 Å². The van der Waals surface area contributed by atoms with Crippen LogP contribution in [-0.2, 0) is 6.54 Å². The lowest BCUT2D eigenvalue weighted by molar-refractivity contribution is -0.0282. The SMILES string of the molecule is CC1CCCC(O)(Cn2cc(C#N)c(=O)[nH]c2=O)C1. The molecule has 1 fully saturated rings. The number of hydrogen-bond donors (Lipinski definition) is 2. The molecule has 0 amide bonds. The van der Waals surface area contributed by atoms with Gasteiger partial charge in [-0.05, 0) is 18.8 Å². The van der Waals surface area contributed by atoms with E-state index in [1.807, 2.05) is 0 Å². The number of H-pyrrole nitrogens is 1. The molecule has 0 saturated heterocycles. The standard InChI is InChI=1S/C13H17N3O3/c1-9-3-2-4-13(19,5-9)8-16-7-10(6-14)11(17)15-12(16)18/h7,9,19H,2-5,8H2,1H3,(H,15,17,18). The van der Waals surface area contributed by atoms with Crippen LogP contribution in [0.5, 0.6) is 0 Å². The van der Waals surface area contributed by atoms with Gasteiger partial charge in [-0.15, -0.1) is 0 Å². The predicted octanol–water partition coefficient (Wildman–Crippen LogP) is 0.349. The largest absolute Gasteiger partial charge is 0.388 e. The maximum Gasteiger partial charge on any atom is 0.328 e. The summed E-state index contributed by atoms with van der Waals surface area (Å²) in [6.45, 7) is 2.18. The van der Waals surface area contributed by atoms with Crippen molar-refractivity contribution in [2.75, 3.05) is 0 Å². The highest BCUT2D eigenvalue weighted by Crippen LogP contribution is 2.32. The van der Waals surface area contributed by atoms with Crippen LogP contribution in [-0.4, -0.2) is 20.3 Å². The van der Waals surface area contributed by atoms with Crippen LogP contribution in [0, 0.1) is 17.2 Å². The maximum atomic E-state index is 11.7. The van der Waals surface area contributed by atoms with Crippen molar-refractivity contribution in [3.8, 4) is 6.07 Å². The van der Waals surface area contributed by atoms with Gasteiger partial charge < -0.3 is 5.11 Å². The fraction of sp³-hybridized carbons (Fsp3) is 0.615. The zero-order valence-electron chi connectivity index (χ0n) is 10.8. The molecule has 2 atom stereocenters. The van der Waals surface area contributed by atoms with Crippen molar-refractivity contribution < 1.29 is 5.11 Å². The van der Waals surface area contributed by atoms with Crippen molar-refractivity contribution in [1.82, 2.24) is 9.55 Å². The van der Waals surface area contributed by atoms with Gasteiger partial charge in [0.1, 0.15) is 11.6 Å². The Balaban J connectivity index is 2.31. The van der Waals surface area contributed by atoms with Crippen molar-refractivity contribution in [2.45, 2.75) is 44.8 Å². The van der Waals surface area contributed by atoms with E-state index in [9.17, 15) is 14.7 Å². The quantitative estimate of drug-likeness (QED) is 0.804. The summed E-state index contributed by atoms with van der Waals surface area (Å²) >= 11 is 0. The second-order valence-corrected chi connectivity index (χ2v) is 5.47. The number of rotatable bonds is 2. The lowest BCUT2D eigenvalue weighted by atomic mass is 9.79. The predicted molar refractivity (Wildman–Crippen MR) is 68.6 cm³/mol. The van der Waals surface area contributed by atoms with Gasteiger partial charge in [0.25, 0.3) is 5.56 Å². The summed E-state index contributed by atoms with van der Waals surface area (Å²) in [5.41, 5.74) is -2.33. The maximum absolute atomic E-state index is 11.7. The molecule has 1 heterocycles. The smallest absolute Gasteiger partial charge is 0.328 e. The summed E-state index contributed by atoms with van der Waals surface area (Å²) < 4.78 is 1.22. The Morgan fingerprint density at radius 1 is 1.63 bits per heavy atom. The van der Waals surface area contributed by atoms with Crippen molar-refractivity contribution in [2.24, 2.45) is 5.92 Å². The minimum absolute atomic E-state index is 0.113. The van der Waals surface area contributed by atoms with Gasteiger partial charge in [-0.2, -0.15) is 5.26 Å². The van der Waals surface area contributed by atoms with Gasteiger partial charge in [0.05, 0.1) is 12.1 Å². The first kappa shape index (κ1) is 13.6. The van der Waals surface area contributed by atoms with E-state index in [0.29, 0.717) is 18.8 Å². The number of nitrogens with one attached hydrogen (secondary N) is 1. The van der Waals surface area contributed by atoms with Gasteiger partial charge in [0.2, 0.25) is 0 Å². The molecule has 2 unspecified atom stereocenters. The molecule has 2 N–H and O–H groups in total. The van der Waals surface area contributed by atoms with E-state index >= 15 is 0 Å². The normalized spacial score (nSPS) is 26.9. The van der Waals surface area contributed by atoms with Crippen LogP contribution >= 0.6 is 0 Å². The van der Waals surface area contributed by atoms with Crippen LogP contribution in [0.15, 0.2) is 15.8 Å². The van der Waals surface area contributed by atoms with E-state index in [-0.39, 0.29) is 12.1 Å². The average Bonchev–Trinajstić information content (AvgIpc) is 2.32. The third-order valence-electron chi connectivity index (χ3n) is 3.66. The summed E-state index contributed by atoms with van der Waals surface area (Å²) in [6, 6.07) is 1.74. The highest BCUT2D eigenvalue weighted by atomic mass is 16.3. The van der Waals surface area contributed by atoms with E-state index in [2.05, 4.69) is 11.9 Å². The zero-order chi connectivity index (χ0) is 14.0. The van der Waals surface area contributed by atoms with E-state index in [0.717, 1.165) is 12.8 Å². The number of aromatic nitrogens is 2. The van der Waals surface area contributed by atoms with E-state index in [1.54, 1.807) is 6.07 Å². The Labute approximate surface area is 110 Å². The molecule has 0 aliphatic heterocycles. The molecule has 102 valence electrons. The minimum atomic E-state index is -0.938. The van der Waals surface area contributed by atoms with Crippen LogP contribution in [0.2, 0.25) is 0 Å². The summed E-state index contributed by atoms with van der Waals surface area (Å²) in [6.07, 6.45) is 4.47. The van der Waals surface area contributed by atoms with Crippen LogP contribution in [0.4, 0.5) is 0 Å². The summed E-state index contributed by atoms with van der Waals surface area (Å²) in [4.78, 5) is 25.1. The fourth-order valence-corrected chi connectivity index (χ4v) is 2.80. The Bertz CT molecular complexity index is 625. The molecule has 0 spiro atoms. The van der Waals surface area contributed by atoms with Gasteiger partial charge in [0, 0.05) is 6.20 Å². The minimum Gasteiger partial charge on any atom is -0.388 e. The monoisotopic (exact) mass is 263 g/mol. The van der Waals surface area contributed by atoms with Crippen molar-refractivity contribution in [3.63, 3.8) is 0 Å². The molecule has 1 aromatic heterocycles. The Morgan fingerprint density at radius 3 is 3.00 bits per heavy atom. The number of hydrogen-bond acceptors (Lipinski definition) is 4. The Morgan fingerprint density at radius 2 is 2.37 bits per heavy atom. The number of aliphatic hydroxyl groups is 1. The zero-order valence-corrected chi connectivity index (χ0v) is 10.8. The summed E-state index contributed by atoms with van der Waals surface area (Å²) in [5.74, 6) is 0.410. The van der Waals surface area contributed by atoms with Gasteiger partial charge in [-0.3, -0.25) is 14.3 Å². The topological polar surface area (TPSA) is 98.9 Å². The van der Waals surface area contributed by atoms with Gasteiger partial charge >= 0.3 is 5.69 Å². The second kappa shape index (κ2) is 5.02. The molecule has 0 aromatic carbocycles. The highest BCUT2D eigenvalue weighted by molar-refractivity contribution is 5.21. The third-order valence-corrected chi connectivity index (χ3v) is 3.66. The molecule has 2 rings (SSSR count). The number of nitriles is 1. The van der Waals surface area contributed by atoms with Gasteiger partial charge in [-0.1, -0.05) is 19.8 Å². The molecule has 1 aromatic rings. The fourth-order valence-electron chi connectivity index (χ4n) is 2.80. The highest BCUT2D eigenvalue weighted by Gasteiger charge is 2.33. The molecule has 1 aliphatic carbocycles. The molecule has 1 aliphatic rings. The molecule has 0 bridgehead atoms. The number of aromatic amines is 1. The molecular formula is C13H17N3O3.